The first kappa shape index (κ1) is 19.9. The maximum atomic E-state index is 12.3. The van der Waals surface area contributed by atoms with Crippen molar-refractivity contribution < 1.29 is 14.3 Å². The average molecular weight is 394 g/mol. The number of methoxy groups -OCH3 is 1. The molecule has 0 saturated carbocycles. The van der Waals surface area contributed by atoms with Crippen LogP contribution in [0.3, 0.4) is 0 Å². The van der Waals surface area contributed by atoms with Crippen molar-refractivity contribution in [2.45, 2.75) is 6.92 Å². The Morgan fingerprint density at radius 2 is 1.97 bits per heavy atom. The van der Waals surface area contributed by atoms with Crippen molar-refractivity contribution in [3.63, 3.8) is 0 Å². The second-order valence-electron chi connectivity index (χ2n) is 6.29. The Labute approximate surface area is 168 Å². The van der Waals surface area contributed by atoms with Crippen molar-refractivity contribution in [2.24, 2.45) is 7.05 Å². The molecule has 0 spiro atoms. The first-order valence-corrected chi connectivity index (χ1v) is 8.85. The Bertz CT molecular complexity index is 1060. The van der Waals surface area contributed by atoms with E-state index in [1.54, 1.807) is 24.1 Å². The summed E-state index contributed by atoms with van der Waals surface area (Å²) in [6, 6.07) is 7.24. The van der Waals surface area contributed by atoms with E-state index in [-0.39, 0.29) is 11.8 Å². The van der Waals surface area contributed by atoms with Gasteiger partial charge in [0.15, 0.2) is 0 Å². The van der Waals surface area contributed by atoms with Gasteiger partial charge in [0, 0.05) is 50.6 Å². The van der Waals surface area contributed by atoms with E-state index in [1.807, 2.05) is 31.4 Å². The summed E-state index contributed by atoms with van der Waals surface area (Å²) in [7, 11) is 4.96. The van der Waals surface area contributed by atoms with E-state index < -0.39 is 0 Å². The van der Waals surface area contributed by atoms with Gasteiger partial charge in [-0.05, 0) is 6.07 Å². The lowest BCUT2D eigenvalue weighted by Crippen LogP contribution is -2.20. The third-order valence-corrected chi connectivity index (χ3v) is 4.18. The molecule has 2 heterocycles. The fraction of sp³-hybridized carbons (Fsp3) is 0.200. The van der Waals surface area contributed by atoms with E-state index in [9.17, 15) is 9.59 Å². The van der Waals surface area contributed by atoms with Crippen LogP contribution in [0.25, 0.3) is 11.1 Å². The molecule has 0 unspecified atom stereocenters. The number of aryl methyl sites for hydroxylation is 1. The Balaban J connectivity index is 2.06. The van der Waals surface area contributed by atoms with Crippen molar-refractivity contribution >= 4 is 29.0 Å². The maximum absolute atomic E-state index is 12.3. The van der Waals surface area contributed by atoms with Gasteiger partial charge in [0.05, 0.1) is 30.2 Å². The van der Waals surface area contributed by atoms with Crippen LogP contribution in [-0.4, -0.2) is 40.7 Å². The number of aromatic nitrogens is 3. The number of amides is 2. The molecule has 9 nitrogen and oxygen atoms in total. The normalized spacial score (nSPS) is 10.3. The summed E-state index contributed by atoms with van der Waals surface area (Å²) >= 11 is 0. The minimum absolute atomic E-state index is 0.257. The van der Waals surface area contributed by atoms with Crippen molar-refractivity contribution in [3.8, 4) is 16.9 Å². The highest BCUT2D eigenvalue weighted by molar-refractivity contribution is 6.01. The van der Waals surface area contributed by atoms with E-state index in [1.165, 1.54) is 20.2 Å². The zero-order valence-electron chi connectivity index (χ0n) is 16.6. The fourth-order valence-electron chi connectivity index (χ4n) is 2.91. The lowest BCUT2D eigenvalue weighted by molar-refractivity contribution is -0.114. The van der Waals surface area contributed by atoms with E-state index in [0.29, 0.717) is 28.5 Å². The molecule has 29 heavy (non-hydrogen) atoms. The number of carbonyl (C=O) groups excluding carboxylic acids is 2. The number of ether oxygens (including phenoxy) is 1. The van der Waals surface area contributed by atoms with Crippen LogP contribution >= 0.6 is 0 Å². The van der Waals surface area contributed by atoms with Crippen LogP contribution in [0, 0.1) is 0 Å². The summed E-state index contributed by atoms with van der Waals surface area (Å²) in [5, 5.41) is 12.6. The maximum Gasteiger partial charge on any atom is 0.254 e. The van der Waals surface area contributed by atoms with Gasteiger partial charge in [-0.25, -0.2) is 4.98 Å². The van der Waals surface area contributed by atoms with E-state index in [0.717, 1.165) is 11.1 Å². The number of rotatable bonds is 6. The third kappa shape index (κ3) is 4.34. The number of pyridine rings is 1. The average Bonchev–Trinajstić information content (AvgIpc) is 3.13. The number of hydrogen-bond acceptors (Lipinski definition) is 6. The summed E-state index contributed by atoms with van der Waals surface area (Å²) < 4.78 is 7.36. The van der Waals surface area contributed by atoms with Crippen LogP contribution in [0.5, 0.6) is 5.75 Å². The van der Waals surface area contributed by atoms with Crippen LogP contribution < -0.4 is 20.7 Å². The van der Waals surface area contributed by atoms with Crippen molar-refractivity contribution in [1.82, 2.24) is 20.1 Å². The van der Waals surface area contributed by atoms with Gasteiger partial charge in [-0.15, -0.1) is 0 Å². The van der Waals surface area contributed by atoms with Crippen LogP contribution in [0.15, 0.2) is 42.9 Å². The summed E-state index contributed by atoms with van der Waals surface area (Å²) in [5.41, 5.74) is 3.20. The highest BCUT2D eigenvalue weighted by Crippen LogP contribution is 2.38. The molecule has 0 aliphatic carbocycles. The summed E-state index contributed by atoms with van der Waals surface area (Å²) in [4.78, 5) is 27.8. The topological polar surface area (TPSA) is 110 Å². The molecule has 0 aliphatic rings. The van der Waals surface area contributed by atoms with Gasteiger partial charge in [0.1, 0.15) is 11.6 Å². The molecular formula is C20H22N6O3. The van der Waals surface area contributed by atoms with Gasteiger partial charge in [0.2, 0.25) is 5.91 Å². The molecule has 3 rings (SSSR count). The van der Waals surface area contributed by atoms with Crippen LogP contribution in [0.4, 0.5) is 17.2 Å². The van der Waals surface area contributed by atoms with Crippen LogP contribution in [0.2, 0.25) is 0 Å². The SMILES string of the molecule is CNC(=O)c1cnc(NC(C)=O)cc1Nc1cccc(-c2cnn(C)c2)c1OC. The molecule has 3 N–H and O–H groups in total. The lowest BCUT2D eigenvalue weighted by atomic mass is 10.1. The second-order valence-corrected chi connectivity index (χ2v) is 6.29. The minimum Gasteiger partial charge on any atom is -0.494 e. The van der Waals surface area contributed by atoms with Gasteiger partial charge < -0.3 is 20.7 Å². The number of nitrogens with one attached hydrogen (secondary N) is 3. The Morgan fingerprint density at radius 3 is 2.59 bits per heavy atom. The molecule has 0 fully saturated rings. The monoisotopic (exact) mass is 394 g/mol. The molecule has 0 atom stereocenters. The van der Waals surface area contributed by atoms with E-state index >= 15 is 0 Å². The highest BCUT2D eigenvalue weighted by atomic mass is 16.5. The molecule has 0 aliphatic heterocycles. The zero-order chi connectivity index (χ0) is 21.0. The molecule has 2 amide bonds. The molecule has 0 radical (unpaired) electrons. The first-order chi connectivity index (χ1) is 13.9. The number of anilines is 3. The predicted octanol–water partition coefficient (Wildman–Crippen LogP) is 2.55. The van der Waals surface area contributed by atoms with E-state index in [2.05, 4.69) is 26.0 Å². The smallest absolute Gasteiger partial charge is 0.254 e. The van der Waals surface area contributed by atoms with Gasteiger partial charge in [-0.3, -0.25) is 14.3 Å². The van der Waals surface area contributed by atoms with E-state index in [4.69, 9.17) is 4.74 Å². The number of nitrogens with zero attached hydrogens (tertiary/aromatic N) is 3. The number of hydrogen-bond donors (Lipinski definition) is 3. The highest BCUT2D eigenvalue weighted by Gasteiger charge is 2.17. The largest absolute Gasteiger partial charge is 0.494 e. The molecule has 0 saturated heterocycles. The molecule has 3 aromatic rings. The van der Waals surface area contributed by atoms with Crippen molar-refractivity contribution in [2.75, 3.05) is 24.8 Å². The van der Waals surface area contributed by atoms with Crippen molar-refractivity contribution in [1.29, 1.82) is 0 Å². The van der Waals surface area contributed by atoms with Crippen LogP contribution in [0.1, 0.15) is 17.3 Å². The fourth-order valence-corrected chi connectivity index (χ4v) is 2.91. The van der Waals surface area contributed by atoms with Gasteiger partial charge in [-0.2, -0.15) is 5.10 Å². The predicted molar refractivity (Wildman–Crippen MR) is 110 cm³/mol. The Kier molecular flexibility index (Phi) is 5.77. The standard InChI is InChI=1S/C20H22N6O3/c1-12(27)24-18-8-17(15(10-22-18)20(28)21-2)25-16-7-5-6-14(19(16)29-4)13-9-23-26(3)11-13/h5-11H,1-4H3,(H,21,28)(H2,22,24,25,27). The van der Waals surface area contributed by atoms with Gasteiger partial charge in [0.25, 0.3) is 5.91 Å². The van der Waals surface area contributed by atoms with Gasteiger partial charge in [-0.1, -0.05) is 12.1 Å². The summed E-state index contributed by atoms with van der Waals surface area (Å²) in [6.45, 7) is 1.39. The molecular weight excluding hydrogens is 372 g/mol. The van der Waals surface area contributed by atoms with Crippen molar-refractivity contribution in [3.05, 3.63) is 48.4 Å². The quantitative estimate of drug-likeness (QED) is 0.593. The molecule has 2 aromatic heterocycles. The molecule has 9 heteroatoms. The lowest BCUT2D eigenvalue weighted by Gasteiger charge is -2.17. The number of benzene rings is 1. The summed E-state index contributed by atoms with van der Waals surface area (Å²) in [6.07, 6.45) is 5.04. The second kappa shape index (κ2) is 8.42. The molecule has 0 bridgehead atoms. The first-order valence-electron chi connectivity index (χ1n) is 8.85. The zero-order valence-corrected chi connectivity index (χ0v) is 16.6. The Hall–Kier alpha value is -3.88. The Morgan fingerprint density at radius 1 is 1.17 bits per heavy atom. The van der Waals surface area contributed by atoms with Gasteiger partial charge >= 0.3 is 0 Å². The minimum atomic E-state index is -0.309. The molecule has 1 aromatic carbocycles. The molecule has 150 valence electrons. The summed E-state index contributed by atoms with van der Waals surface area (Å²) in [5.74, 6) is 0.361. The van der Waals surface area contributed by atoms with Crippen LogP contribution in [-0.2, 0) is 11.8 Å². The number of para-hydroxylation sites is 1. The third-order valence-electron chi connectivity index (χ3n) is 4.18. The number of carbonyl (C=O) groups is 2.